The van der Waals surface area contributed by atoms with Crippen molar-refractivity contribution in [1.82, 2.24) is 0 Å². The highest BCUT2D eigenvalue weighted by Gasteiger charge is 1.98. The van der Waals surface area contributed by atoms with E-state index in [4.69, 9.17) is 11.6 Å². The minimum atomic E-state index is -1.86. The van der Waals surface area contributed by atoms with Gasteiger partial charge in [-0.15, -0.1) is 11.6 Å². The Labute approximate surface area is 67.3 Å². The molecule has 0 fully saturated rings. The second-order valence-electron chi connectivity index (χ2n) is 2.38. The second-order valence-corrected chi connectivity index (χ2v) is 2.94. The van der Waals surface area contributed by atoms with Crippen LogP contribution in [-0.2, 0) is 0 Å². The number of halogens is 1. The van der Waals surface area contributed by atoms with E-state index >= 15 is 0 Å². The molecular formula is C6H12BClO2-2. The molecule has 0 spiro atoms. The normalized spacial score (nSPS) is 13.2. The topological polar surface area (TPSA) is 46.1 Å². The Morgan fingerprint density at radius 1 is 1.40 bits per heavy atom. The molecule has 0 aliphatic heterocycles. The van der Waals surface area contributed by atoms with E-state index in [9.17, 15) is 10.0 Å². The van der Waals surface area contributed by atoms with Gasteiger partial charge in [0.25, 0.3) is 0 Å². The third-order valence-corrected chi connectivity index (χ3v) is 1.80. The van der Waals surface area contributed by atoms with Gasteiger partial charge in [-0.1, -0.05) is 33.3 Å². The van der Waals surface area contributed by atoms with Crippen LogP contribution in [0.3, 0.4) is 0 Å². The molecule has 0 aliphatic rings. The third-order valence-electron chi connectivity index (χ3n) is 1.38. The van der Waals surface area contributed by atoms with Crippen LogP contribution in [0.15, 0.2) is 0 Å². The second kappa shape index (κ2) is 6.02. The standard InChI is InChI=1S/C6H12BClO2/c1-2-3-4-5-6(8)7(9)10/h6H,2-5H2,1H3/q-2. The van der Waals surface area contributed by atoms with Gasteiger partial charge in [0.05, 0.1) is 0 Å². The molecule has 1 unspecified atom stereocenters. The fraction of sp³-hybridized carbons (Fsp3) is 1.00. The number of alkyl halides is 1. The van der Waals surface area contributed by atoms with Crippen LogP contribution in [0, 0.1) is 0 Å². The van der Waals surface area contributed by atoms with Gasteiger partial charge in [0.2, 0.25) is 0 Å². The Morgan fingerprint density at radius 3 is 2.40 bits per heavy atom. The van der Waals surface area contributed by atoms with E-state index in [0.29, 0.717) is 6.42 Å². The zero-order valence-corrected chi connectivity index (χ0v) is 6.93. The van der Waals surface area contributed by atoms with E-state index in [1.165, 1.54) is 0 Å². The largest absolute Gasteiger partial charge is 0.892 e. The van der Waals surface area contributed by atoms with Crippen molar-refractivity contribution in [3.8, 4) is 0 Å². The van der Waals surface area contributed by atoms with E-state index in [1.807, 2.05) is 0 Å². The summed E-state index contributed by atoms with van der Waals surface area (Å²) in [5.74, 6) is 0. The van der Waals surface area contributed by atoms with Gasteiger partial charge in [-0.25, -0.2) is 0 Å². The Kier molecular flexibility index (Phi) is 6.18. The molecule has 4 heteroatoms. The Balaban J connectivity index is 3.13. The molecule has 0 saturated carbocycles. The molecule has 0 saturated heterocycles. The molecule has 10 heavy (non-hydrogen) atoms. The molecule has 0 amide bonds. The summed E-state index contributed by atoms with van der Waals surface area (Å²) >= 11 is 5.43. The van der Waals surface area contributed by atoms with Crippen LogP contribution in [0.2, 0.25) is 0 Å². The number of hydrogen-bond acceptors (Lipinski definition) is 2. The van der Waals surface area contributed by atoms with Gasteiger partial charge >= 0.3 is 0 Å². The van der Waals surface area contributed by atoms with Crippen LogP contribution >= 0.6 is 11.6 Å². The quantitative estimate of drug-likeness (QED) is 0.323. The maximum atomic E-state index is 10.1. The molecule has 0 heterocycles. The summed E-state index contributed by atoms with van der Waals surface area (Å²) < 4.78 is 0. The van der Waals surface area contributed by atoms with Crippen LogP contribution in [0.25, 0.3) is 0 Å². The van der Waals surface area contributed by atoms with Crippen molar-refractivity contribution < 1.29 is 10.0 Å². The lowest BCUT2D eigenvalue weighted by Gasteiger charge is -2.31. The Bertz CT molecular complexity index is 80.1. The van der Waals surface area contributed by atoms with Crippen LogP contribution in [0.5, 0.6) is 0 Å². The van der Waals surface area contributed by atoms with Gasteiger partial charge in [0.15, 0.2) is 0 Å². The Hall–Kier alpha value is 0.275. The summed E-state index contributed by atoms with van der Waals surface area (Å²) in [4.78, 5) is 0. The van der Waals surface area contributed by atoms with Crippen molar-refractivity contribution in [1.29, 1.82) is 0 Å². The highest BCUT2D eigenvalue weighted by molar-refractivity contribution is 6.54. The zero-order valence-electron chi connectivity index (χ0n) is 6.18. The van der Waals surface area contributed by atoms with E-state index < -0.39 is 12.4 Å². The molecule has 60 valence electrons. The summed E-state index contributed by atoms with van der Waals surface area (Å²) in [5.41, 5.74) is 0. The molecule has 0 N–H and O–H groups in total. The zero-order chi connectivity index (χ0) is 7.98. The minimum Gasteiger partial charge on any atom is -0.892 e. The van der Waals surface area contributed by atoms with Crippen molar-refractivity contribution in [2.75, 3.05) is 0 Å². The lowest BCUT2D eigenvalue weighted by atomic mass is 9.82. The predicted molar refractivity (Wildman–Crippen MR) is 39.5 cm³/mol. The van der Waals surface area contributed by atoms with Gasteiger partial charge < -0.3 is 10.0 Å². The summed E-state index contributed by atoms with van der Waals surface area (Å²) in [7, 11) is -1.86. The van der Waals surface area contributed by atoms with E-state index in [-0.39, 0.29) is 0 Å². The molecule has 1 atom stereocenters. The number of hydrogen-bond donors (Lipinski definition) is 0. The molecular weight excluding hydrogens is 150 g/mol. The molecule has 0 aromatic rings. The third kappa shape index (κ3) is 5.09. The summed E-state index contributed by atoms with van der Waals surface area (Å²) in [5, 5.41) is 19.6. The fourth-order valence-electron chi connectivity index (χ4n) is 0.725. The van der Waals surface area contributed by atoms with Gasteiger partial charge in [-0.3, -0.25) is 0 Å². The fourth-order valence-corrected chi connectivity index (χ4v) is 0.880. The predicted octanol–water partition coefficient (Wildman–Crippen LogP) is -0.0779. The maximum absolute atomic E-state index is 10.1. The summed E-state index contributed by atoms with van der Waals surface area (Å²) in [6, 6.07) is 0. The molecule has 2 nitrogen and oxygen atoms in total. The smallest absolute Gasteiger partial charge is 0.0308 e. The van der Waals surface area contributed by atoms with Crippen LogP contribution in [0.4, 0.5) is 0 Å². The molecule has 0 bridgehead atoms. The van der Waals surface area contributed by atoms with Crippen molar-refractivity contribution in [2.45, 2.75) is 37.9 Å². The van der Waals surface area contributed by atoms with Crippen LogP contribution < -0.4 is 10.0 Å². The first-order chi connectivity index (χ1) is 4.68. The lowest BCUT2D eigenvalue weighted by molar-refractivity contribution is -0.349. The van der Waals surface area contributed by atoms with E-state index in [2.05, 4.69) is 6.92 Å². The monoisotopic (exact) mass is 162 g/mol. The summed E-state index contributed by atoms with van der Waals surface area (Å²) in [6.45, 7) is 2.06. The van der Waals surface area contributed by atoms with Crippen molar-refractivity contribution in [3.05, 3.63) is 0 Å². The lowest BCUT2D eigenvalue weighted by Crippen LogP contribution is -2.52. The average molecular weight is 162 g/mol. The molecule has 0 radical (unpaired) electrons. The first-order valence-electron chi connectivity index (χ1n) is 3.64. The van der Waals surface area contributed by atoms with Gasteiger partial charge in [0.1, 0.15) is 0 Å². The van der Waals surface area contributed by atoms with Gasteiger partial charge in [-0.05, 0) is 11.7 Å². The average Bonchev–Trinajstić information content (AvgIpc) is 1.88. The minimum absolute atomic E-state index is 0.563. The number of rotatable bonds is 5. The number of unbranched alkanes of at least 4 members (excludes halogenated alkanes) is 2. The van der Waals surface area contributed by atoms with Crippen LogP contribution in [0.1, 0.15) is 32.6 Å². The first kappa shape index (κ1) is 10.3. The SMILES string of the molecule is CCCCCC(Cl)B([O-])[O-]. The van der Waals surface area contributed by atoms with Gasteiger partial charge in [-0.2, -0.15) is 0 Å². The molecule has 0 rings (SSSR count). The van der Waals surface area contributed by atoms with E-state index in [1.54, 1.807) is 0 Å². The molecule has 0 aromatic heterocycles. The van der Waals surface area contributed by atoms with Crippen LogP contribution in [-0.4, -0.2) is 12.4 Å². The summed E-state index contributed by atoms with van der Waals surface area (Å²) in [6.07, 6.45) is 3.60. The molecule has 0 aromatic carbocycles. The van der Waals surface area contributed by atoms with Crippen molar-refractivity contribution >= 4 is 18.7 Å². The first-order valence-corrected chi connectivity index (χ1v) is 4.07. The highest BCUT2D eigenvalue weighted by atomic mass is 35.5. The maximum Gasteiger partial charge on any atom is -0.0308 e. The Morgan fingerprint density at radius 2 is 2.00 bits per heavy atom. The van der Waals surface area contributed by atoms with Gasteiger partial charge in [0, 0.05) is 0 Å². The highest BCUT2D eigenvalue weighted by Crippen LogP contribution is 2.07. The molecule has 0 aliphatic carbocycles. The van der Waals surface area contributed by atoms with E-state index in [0.717, 1.165) is 19.3 Å². The van der Waals surface area contributed by atoms with Crippen molar-refractivity contribution in [2.24, 2.45) is 0 Å². The van der Waals surface area contributed by atoms with Crippen molar-refractivity contribution in [3.63, 3.8) is 0 Å².